The Morgan fingerprint density at radius 2 is 1.78 bits per heavy atom. The number of aromatic amines is 1. The zero-order valence-electron chi connectivity index (χ0n) is 17.1. The predicted molar refractivity (Wildman–Crippen MR) is 121 cm³/mol. The van der Waals surface area contributed by atoms with Gasteiger partial charge in [0.15, 0.2) is 0 Å². The van der Waals surface area contributed by atoms with Gasteiger partial charge in [0.2, 0.25) is 5.95 Å². The molecule has 0 atom stereocenters. The second-order valence-corrected chi connectivity index (χ2v) is 7.90. The Bertz CT molecular complexity index is 1340. The van der Waals surface area contributed by atoms with E-state index in [1.165, 1.54) is 4.80 Å². The van der Waals surface area contributed by atoms with Gasteiger partial charge in [0, 0.05) is 26.2 Å². The molecular weight excluding hydrogens is 430 g/mol. The van der Waals surface area contributed by atoms with Crippen molar-refractivity contribution in [1.82, 2.24) is 29.9 Å². The molecule has 1 aliphatic rings. The number of para-hydroxylation sites is 1. The molecule has 5 rings (SSSR count). The van der Waals surface area contributed by atoms with E-state index in [4.69, 9.17) is 11.6 Å². The van der Waals surface area contributed by atoms with Crippen LogP contribution in [-0.4, -0.2) is 61.9 Å². The highest BCUT2D eigenvalue weighted by Crippen LogP contribution is 2.21. The Morgan fingerprint density at radius 3 is 2.62 bits per heavy atom. The van der Waals surface area contributed by atoms with Crippen molar-refractivity contribution in [1.29, 1.82) is 0 Å². The Hall–Kier alpha value is -3.72. The smallest absolute Gasteiger partial charge is 0.261 e. The van der Waals surface area contributed by atoms with Gasteiger partial charge in [0.05, 0.1) is 39.6 Å². The lowest BCUT2D eigenvalue weighted by Gasteiger charge is -2.23. The number of aromatic nitrogens is 5. The Balaban J connectivity index is 1.38. The highest BCUT2D eigenvalue weighted by molar-refractivity contribution is 6.35. The summed E-state index contributed by atoms with van der Waals surface area (Å²) in [6, 6.07) is 12.5. The van der Waals surface area contributed by atoms with E-state index in [-0.39, 0.29) is 11.5 Å². The minimum atomic E-state index is -0.270. The maximum atomic E-state index is 13.3. The van der Waals surface area contributed by atoms with Gasteiger partial charge in [-0.05, 0) is 30.7 Å². The van der Waals surface area contributed by atoms with Crippen LogP contribution in [0.15, 0.2) is 59.7 Å². The van der Waals surface area contributed by atoms with E-state index in [2.05, 4.69) is 20.2 Å². The highest BCUT2D eigenvalue weighted by Gasteiger charge is 2.24. The van der Waals surface area contributed by atoms with Gasteiger partial charge in [0.25, 0.3) is 11.5 Å². The lowest BCUT2D eigenvalue weighted by atomic mass is 10.1. The molecule has 1 aliphatic heterocycles. The number of carbonyl (C=O) groups excluding carboxylic acids is 1. The summed E-state index contributed by atoms with van der Waals surface area (Å²) in [5.41, 5.74) is 1.47. The number of amides is 1. The van der Waals surface area contributed by atoms with Gasteiger partial charge in [-0.25, -0.2) is 4.98 Å². The molecule has 2 aromatic carbocycles. The van der Waals surface area contributed by atoms with Crippen LogP contribution in [-0.2, 0) is 0 Å². The molecular formula is C22H20ClN7O2. The van der Waals surface area contributed by atoms with E-state index < -0.39 is 0 Å². The van der Waals surface area contributed by atoms with Gasteiger partial charge >= 0.3 is 0 Å². The number of rotatable bonds is 3. The maximum Gasteiger partial charge on any atom is 0.261 e. The first kappa shape index (κ1) is 20.2. The first-order chi connectivity index (χ1) is 15.6. The van der Waals surface area contributed by atoms with Crippen molar-refractivity contribution < 1.29 is 4.79 Å². The number of nitrogens with zero attached hydrogens (tertiary/aromatic N) is 6. The van der Waals surface area contributed by atoms with Gasteiger partial charge in [-0.1, -0.05) is 29.8 Å². The Labute approximate surface area is 188 Å². The third-order valence-corrected chi connectivity index (χ3v) is 5.84. The monoisotopic (exact) mass is 449 g/mol. The summed E-state index contributed by atoms with van der Waals surface area (Å²) in [5.74, 6) is 0.409. The number of hydrogen-bond donors (Lipinski definition) is 1. The molecule has 1 N–H and O–H groups in total. The highest BCUT2D eigenvalue weighted by atomic mass is 35.5. The van der Waals surface area contributed by atoms with Crippen molar-refractivity contribution in [2.75, 3.05) is 31.1 Å². The summed E-state index contributed by atoms with van der Waals surface area (Å²) in [4.78, 5) is 38.6. The van der Waals surface area contributed by atoms with Crippen LogP contribution >= 0.6 is 11.6 Å². The van der Waals surface area contributed by atoms with E-state index in [9.17, 15) is 9.59 Å². The molecule has 1 fully saturated rings. The molecule has 2 aromatic heterocycles. The fourth-order valence-electron chi connectivity index (χ4n) is 3.96. The summed E-state index contributed by atoms with van der Waals surface area (Å²) in [5, 5.41) is 9.08. The summed E-state index contributed by atoms with van der Waals surface area (Å²) >= 11 is 6.16. The van der Waals surface area contributed by atoms with Crippen molar-refractivity contribution >= 4 is 34.4 Å². The number of hydrogen-bond acceptors (Lipinski definition) is 6. The summed E-state index contributed by atoms with van der Waals surface area (Å²) in [6.45, 7) is 2.31. The van der Waals surface area contributed by atoms with Gasteiger partial charge in [-0.3, -0.25) is 14.6 Å². The third kappa shape index (κ3) is 3.71. The Morgan fingerprint density at radius 1 is 0.969 bits per heavy atom. The van der Waals surface area contributed by atoms with E-state index in [0.717, 1.165) is 6.42 Å². The van der Waals surface area contributed by atoms with E-state index >= 15 is 0 Å². The lowest BCUT2D eigenvalue weighted by Crippen LogP contribution is -2.36. The molecule has 0 bridgehead atoms. The topological polar surface area (TPSA) is 100 Å². The molecule has 9 nitrogen and oxygen atoms in total. The number of anilines is 1. The third-order valence-electron chi connectivity index (χ3n) is 5.52. The number of H-pyrrole nitrogens is 1. The minimum Gasteiger partial charge on any atom is -0.340 e. The molecule has 1 saturated heterocycles. The average Bonchev–Trinajstić information content (AvgIpc) is 3.23. The van der Waals surface area contributed by atoms with Gasteiger partial charge in [-0.15, -0.1) is 0 Å². The van der Waals surface area contributed by atoms with Gasteiger partial charge < -0.3 is 9.80 Å². The van der Waals surface area contributed by atoms with Crippen LogP contribution in [0.1, 0.15) is 16.8 Å². The van der Waals surface area contributed by atoms with Gasteiger partial charge in [0.1, 0.15) is 0 Å². The van der Waals surface area contributed by atoms with Crippen molar-refractivity contribution in [3.8, 4) is 5.69 Å². The molecule has 0 unspecified atom stereocenters. The van der Waals surface area contributed by atoms with Gasteiger partial charge in [-0.2, -0.15) is 15.0 Å². The summed E-state index contributed by atoms with van der Waals surface area (Å²) in [6.07, 6.45) is 3.90. The maximum absolute atomic E-state index is 13.3. The van der Waals surface area contributed by atoms with Crippen LogP contribution in [0.5, 0.6) is 0 Å². The first-order valence-electron chi connectivity index (χ1n) is 10.3. The van der Waals surface area contributed by atoms with Crippen LogP contribution in [0, 0.1) is 0 Å². The molecule has 0 saturated carbocycles. The predicted octanol–water partition coefficient (Wildman–Crippen LogP) is 2.51. The van der Waals surface area contributed by atoms with E-state index in [0.29, 0.717) is 59.3 Å². The zero-order chi connectivity index (χ0) is 22.1. The quantitative estimate of drug-likeness (QED) is 0.516. The molecule has 0 radical (unpaired) electrons. The molecule has 32 heavy (non-hydrogen) atoms. The SMILES string of the molecule is O=C(c1ccccc1-n1nccn1)N1CCCN(c2nc3cccc(Cl)c3c(=O)[nH]2)CC1. The second-order valence-electron chi connectivity index (χ2n) is 7.49. The summed E-state index contributed by atoms with van der Waals surface area (Å²) < 4.78 is 0. The molecule has 0 aliphatic carbocycles. The Kier molecular flexibility index (Phi) is 5.32. The number of nitrogens with one attached hydrogen (secondary N) is 1. The van der Waals surface area contributed by atoms with Crippen LogP contribution in [0.2, 0.25) is 5.02 Å². The largest absolute Gasteiger partial charge is 0.340 e. The summed E-state index contributed by atoms with van der Waals surface area (Å²) in [7, 11) is 0. The number of fused-ring (bicyclic) bond motifs is 1. The standard InChI is InChI=1S/C22H20ClN7O2/c23-16-6-3-7-17-19(16)20(31)27-22(26-17)29-12-4-11-28(13-14-29)21(32)15-5-1-2-8-18(15)30-24-9-10-25-30/h1-3,5-10H,4,11-14H2,(H,26,27,31). The van der Waals surface area contributed by atoms with Crippen molar-refractivity contribution in [2.45, 2.75) is 6.42 Å². The van der Waals surface area contributed by atoms with Crippen molar-refractivity contribution in [3.05, 3.63) is 75.8 Å². The van der Waals surface area contributed by atoms with Crippen LogP contribution < -0.4 is 10.5 Å². The first-order valence-corrected chi connectivity index (χ1v) is 10.7. The van der Waals surface area contributed by atoms with Crippen LogP contribution in [0.4, 0.5) is 5.95 Å². The van der Waals surface area contributed by atoms with Crippen LogP contribution in [0.25, 0.3) is 16.6 Å². The van der Waals surface area contributed by atoms with Crippen molar-refractivity contribution in [2.24, 2.45) is 0 Å². The number of carbonyl (C=O) groups is 1. The number of benzene rings is 2. The number of halogens is 1. The fourth-order valence-corrected chi connectivity index (χ4v) is 4.21. The molecule has 1 amide bonds. The fraction of sp³-hybridized carbons (Fsp3) is 0.227. The van der Waals surface area contributed by atoms with Crippen LogP contribution in [0.3, 0.4) is 0 Å². The molecule has 162 valence electrons. The normalized spacial score (nSPS) is 14.5. The average molecular weight is 450 g/mol. The molecule has 4 aromatic rings. The van der Waals surface area contributed by atoms with Crippen molar-refractivity contribution in [3.63, 3.8) is 0 Å². The van der Waals surface area contributed by atoms with E-state index in [1.54, 1.807) is 36.7 Å². The zero-order valence-corrected chi connectivity index (χ0v) is 17.9. The van der Waals surface area contributed by atoms with E-state index in [1.807, 2.05) is 28.0 Å². The lowest BCUT2D eigenvalue weighted by molar-refractivity contribution is 0.0766. The second kappa shape index (κ2) is 8.43. The minimum absolute atomic E-state index is 0.0773. The molecule has 0 spiro atoms. The molecule has 3 heterocycles. The molecule has 10 heteroatoms.